The molecule has 1 aromatic carbocycles. The van der Waals surface area contributed by atoms with E-state index in [0.29, 0.717) is 13.0 Å². The molecular formula is C21H29N3O4S. The van der Waals surface area contributed by atoms with Crippen molar-refractivity contribution in [3.63, 3.8) is 0 Å². The molecule has 0 bridgehead atoms. The largest absolute Gasteiger partial charge is 0.444 e. The molecular weight excluding hydrogens is 390 g/mol. The number of carbonyl (C=O) groups excluding carboxylic acids is 1. The maximum atomic E-state index is 13.5. The molecule has 3 rings (SSSR count). The number of hydrogen-bond donors (Lipinski definition) is 0. The molecule has 29 heavy (non-hydrogen) atoms. The van der Waals surface area contributed by atoms with Crippen LogP contribution in [0.1, 0.15) is 41.0 Å². The maximum Gasteiger partial charge on any atom is 0.410 e. The van der Waals surface area contributed by atoms with Gasteiger partial charge in [0.05, 0.1) is 4.90 Å². The first-order chi connectivity index (χ1) is 13.5. The second kappa shape index (κ2) is 7.91. The van der Waals surface area contributed by atoms with Crippen LogP contribution in [0.2, 0.25) is 0 Å². The monoisotopic (exact) mass is 419 g/mol. The molecule has 0 radical (unpaired) electrons. The molecule has 0 spiro atoms. The van der Waals surface area contributed by atoms with Gasteiger partial charge in [-0.1, -0.05) is 6.07 Å². The highest BCUT2D eigenvalue weighted by Gasteiger charge is 2.38. The number of carbonyl (C=O) groups is 1. The SMILES string of the molecule is C[C@@H]1CCN(C(=O)OC(C)(C)C)C[C@@H](C)N1S(=O)(=O)c1ccc2cnccc2c1. The van der Waals surface area contributed by atoms with Crippen molar-refractivity contribution in [2.45, 2.75) is 63.6 Å². The number of ether oxygens (including phenoxy) is 1. The second-order valence-electron chi connectivity index (χ2n) is 8.63. The Kier molecular flexibility index (Phi) is 5.87. The first-order valence-corrected chi connectivity index (χ1v) is 11.3. The van der Waals surface area contributed by atoms with Crippen LogP contribution >= 0.6 is 0 Å². The van der Waals surface area contributed by atoms with Crippen molar-refractivity contribution in [1.29, 1.82) is 0 Å². The van der Waals surface area contributed by atoms with Crippen molar-refractivity contribution < 1.29 is 17.9 Å². The van der Waals surface area contributed by atoms with E-state index in [0.717, 1.165) is 10.8 Å². The van der Waals surface area contributed by atoms with Gasteiger partial charge in [-0.25, -0.2) is 13.2 Å². The van der Waals surface area contributed by atoms with Crippen LogP contribution in [0.25, 0.3) is 10.8 Å². The van der Waals surface area contributed by atoms with Gasteiger partial charge in [0.25, 0.3) is 0 Å². The molecule has 7 nitrogen and oxygen atoms in total. The lowest BCUT2D eigenvalue weighted by Crippen LogP contribution is -2.47. The van der Waals surface area contributed by atoms with Gasteiger partial charge in [-0.15, -0.1) is 0 Å². The van der Waals surface area contributed by atoms with Gasteiger partial charge in [0.2, 0.25) is 10.0 Å². The van der Waals surface area contributed by atoms with Gasteiger partial charge in [0.1, 0.15) is 5.60 Å². The topological polar surface area (TPSA) is 79.8 Å². The average molecular weight is 420 g/mol. The van der Waals surface area contributed by atoms with Crippen molar-refractivity contribution in [3.8, 4) is 0 Å². The van der Waals surface area contributed by atoms with Crippen LogP contribution in [0.3, 0.4) is 0 Å². The molecule has 0 unspecified atom stereocenters. The van der Waals surface area contributed by atoms with Crippen LogP contribution in [-0.4, -0.2) is 59.5 Å². The Morgan fingerprint density at radius 3 is 2.55 bits per heavy atom. The fourth-order valence-corrected chi connectivity index (χ4v) is 5.58. The molecule has 0 aliphatic carbocycles. The average Bonchev–Trinajstić information content (AvgIpc) is 2.78. The highest BCUT2D eigenvalue weighted by atomic mass is 32.2. The summed E-state index contributed by atoms with van der Waals surface area (Å²) in [6.07, 6.45) is 3.49. The number of nitrogens with zero attached hydrogens (tertiary/aromatic N) is 3. The lowest BCUT2D eigenvalue weighted by atomic mass is 10.2. The minimum absolute atomic E-state index is 0.240. The van der Waals surface area contributed by atoms with Crippen LogP contribution in [0.4, 0.5) is 4.79 Å². The summed E-state index contributed by atoms with van der Waals surface area (Å²) in [7, 11) is -3.73. The van der Waals surface area contributed by atoms with Crippen molar-refractivity contribution in [2.24, 2.45) is 0 Å². The minimum atomic E-state index is -3.73. The molecule has 0 N–H and O–H groups in total. The summed E-state index contributed by atoms with van der Waals surface area (Å²) in [5.74, 6) is 0. The quantitative estimate of drug-likeness (QED) is 0.742. The predicted octanol–water partition coefficient (Wildman–Crippen LogP) is 3.64. The standard InChI is InChI=1S/C21H29N3O4S/c1-15-9-11-23(20(25)28-21(3,4)5)14-16(2)24(15)29(26,27)19-7-6-18-13-22-10-8-17(18)12-19/h6-8,10,12-13,15-16H,9,11,14H2,1-5H3/t15-,16-/m1/s1. The third-order valence-corrected chi connectivity index (χ3v) is 7.13. The predicted molar refractivity (Wildman–Crippen MR) is 112 cm³/mol. The molecule has 1 saturated heterocycles. The summed E-state index contributed by atoms with van der Waals surface area (Å²) in [4.78, 5) is 18.4. The summed E-state index contributed by atoms with van der Waals surface area (Å²) in [5.41, 5.74) is -0.593. The number of fused-ring (bicyclic) bond motifs is 1. The summed E-state index contributed by atoms with van der Waals surface area (Å²) in [6, 6.07) is 6.26. The molecule has 1 aliphatic rings. The molecule has 8 heteroatoms. The number of aromatic nitrogens is 1. The molecule has 0 saturated carbocycles. The second-order valence-corrected chi connectivity index (χ2v) is 10.5. The molecule has 1 amide bonds. The van der Waals surface area contributed by atoms with Gasteiger partial charge in [-0.3, -0.25) is 4.98 Å². The van der Waals surface area contributed by atoms with Crippen molar-refractivity contribution in [2.75, 3.05) is 13.1 Å². The molecule has 1 fully saturated rings. The number of sulfonamides is 1. The fraction of sp³-hybridized carbons (Fsp3) is 0.524. The van der Waals surface area contributed by atoms with Crippen molar-refractivity contribution in [1.82, 2.24) is 14.2 Å². The van der Waals surface area contributed by atoms with E-state index in [9.17, 15) is 13.2 Å². The maximum absolute atomic E-state index is 13.5. The number of pyridine rings is 1. The fourth-order valence-electron chi connectivity index (χ4n) is 3.70. The lowest BCUT2D eigenvalue weighted by Gasteiger charge is -2.32. The molecule has 2 heterocycles. The van der Waals surface area contributed by atoms with Crippen molar-refractivity contribution in [3.05, 3.63) is 36.7 Å². The van der Waals surface area contributed by atoms with E-state index in [1.54, 1.807) is 41.6 Å². The number of benzene rings is 1. The highest BCUT2D eigenvalue weighted by Crippen LogP contribution is 2.28. The summed E-state index contributed by atoms with van der Waals surface area (Å²) >= 11 is 0. The van der Waals surface area contributed by atoms with Gasteiger partial charge in [-0.2, -0.15) is 4.31 Å². The highest BCUT2D eigenvalue weighted by molar-refractivity contribution is 7.89. The summed E-state index contributed by atoms with van der Waals surface area (Å²) in [6.45, 7) is 9.92. The molecule has 2 atom stereocenters. The first-order valence-electron chi connectivity index (χ1n) is 9.84. The number of amides is 1. The van der Waals surface area contributed by atoms with Gasteiger partial charge < -0.3 is 9.64 Å². The van der Waals surface area contributed by atoms with E-state index >= 15 is 0 Å². The van der Waals surface area contributed by atoms with E-state index in [1.165, 1.54) is 4.31 Å². The molecule has 2 aromatic rings. The Hall–Kier alpha value is -2.19. The Balaban J connectivity index is 1.89. The summed E-state index contributed by atoms with van der Waals surface area (Å²) < 4.78 is 34.0. The van der Waals surface area contributed by atoms with E-state index in [4.69, 9.17) is 4.74 Å². The van der Waals surface area contributed by atoms with E-state index in [1.807, 2.05) is 34.6 Å². The van der Waals surface area contributed by atoms with E-state index in [-0.39, 0.29) is 23.5 Å². The zero-order valence-electron chi connectivity index (χ0n) is 17.6. The number of hydrogen-bond acceptors (Lipinski definition) is 5. The first kappa shape index (κ1) is 21.5. The minimum Gasteiger partial charge on any atom is -0.444 e. The Morgan fingerprint density at radius 1 is 1.14 bits per heavy atom. The van der Waals surface area contributed by atoms with Crippen LogP contribution < -0.4 is 0 Å². The zero-order valence-corrected chi connectivity index (χ0v) is 18.4. The third kappa shape index (κ3) is 4.70. The van der Waals surface area contributed by atoms with Crippen LogP contribution in [0.5, 0.6) is 0 Å². The lowest BCUT2D eigenvalue weighted by molar-refractivity contribution is 0.0244. The molecule has 1 aliphatic heterocycles. The van der Waals surface area contributed by atoms with E-state index < -0.39 is 21.7 Å². The Morgan fingerprint density at radius 2 is 1.86 bits per heavy atom. The smallest absolute Gasteiger partial charge is 0.410 e. The number of rotatable bonds is 2. The van der Waals surface area contributed by atoms with Gasteiger partial charge in [0.15, 0.2) is 0 Å². The van der Waals surface area contributed by atoms with Crippen molar-refractivity contribution >= 4 is 26.9 Å². The zero-order chi connectivity index (χ0) is 21.4. The van der Waals surface area contributed by atoms with Gasteiger partial charge >= 0.3 is 6.09 Å². The Bertz CT molecular complexity index is 1000. The molecule has 158 valence electrons. The van der Waals surface area contributed by atoms with Gasteiger partial charge in [0, 0.05) is 43.0 Å². The molecule has 1 aromatic heterocycles. The van der Waals surface area contributed by atoms with Gasteiger partial charge in [-0.05, 0) is 64.6 Å². The third-order valence-electron chi connectivity index (χ3n) is 5.01. The van der Waals surface area contributed by atoms with Crippen LogP contribution in [-0.2, 0) is 14.8 Å². The normalized spacial score (nSPS) is 21.8. The summed E-state index contributed by atoms with van der Waals surface area (Å²) in [5, 5.41) is 1.71. The van der Waals surface area contributed by atoms with Crippen LogP contribution in [0.15, 0.2) is 41.6 Å². The Labute approximate surface area is 172 Å². The van der Waals surface area contributed by atoms with E-state index in [2.05, 4.69) is 4.98 Å². The van der Waals surface area contributed by atoms with Crippen LogP contribution in [0, 0.1) is 0 Å².